The van der Waals surface area contributed by atoms with Gasteiger partial charge in [-0.25, -0.2) is 0 Å². The van der Waals surface area contributed by atoms with E-state index in [2.05, 4.69) is 12.1 Å². The molecule has 15 heavy (non-hydrogen) atoms. The Morgan fingerprint density at radius 2 is 1.47 bits per heavy atom. The maximum Gasteiger partial charge on any atom is 0.0320 e. The van der Waals surface area contributed by atoms with E-state index in [1.165, 1.54) is 22.3 Å². The van der Waals surface area contributed by atoms with Crippen molar-refractivity contribution in [2.45, 2.75) is 6.42 Å². The molecule has 4 N–H and O–H groups in total. The Balaban J connectivity index is 2.26. The van der Waals surface area contributed by atoms with E-state index < -0.39 is 0 Å². The third kappa shape index (κ3) is 1.18. The van der Waals surface area contributed by atoms with E-state index in [4.69, 9.17) is 11.5 Å². The van der Waals surface area contributed by atoms with Gasteiger partial charge in [0, 0.05) is 11.4 Å². The second-order valence-corrected chi connectivity index (χ2v) is 4.01. The molecule has 3 rings (SSSR count). The number of hydrogen-bond donors (Lipinski definition) is 2. The normalized spacial score (nSPS) is 12.3. The van der Waals surface area contributed by atoms with E-state index in [0.717, 1.165) is 17.8 Å². The lowest BCUT2D eigenvalue weighted by atomic mass is 10.1. The van der Waals surface area contributed by atoms with Gasteiger partial charge in [0.15, 0.2) is 0 Å². The lowest BCUT2D eigenvalue weighted by Gasteiger charge is -2.02. The molecule has 2 aromatic carbocycles. The third-order valence-electron chi connectivity index (χ3n) is 2.93. The number of nitrogen functional groups attached to an aromatic ring is 2. The summed E-state index contributed by atoms with van der Waals surface area (Å²) in [6.45, 7) is 0. The second kappa shape index (κ2) is 2.76. The first kappa shape index (κ1) is 8.36. The van der Waals surface area contributed by atoms with Crippen molar-refractivity contribution in [3.63, 3.8) is 0 Å². The van der Waals surface area contributed by atoms with Gasteiger partial charge in [0.05, 0.1) is 0 Å². The summed E-state index contributed by atoms with van der Waals surface area (Å²) in [5.74, 6) is 0. The number of fused-ring (bicyclic) bond motifs is 3. The third-order valence-corrected chi connectivity index (χ3v) is 2.93. The summed E-state index contributed by atoms with van der Waals surface area (Å²) in [4.78, 5) is 0. The van der Waals surface area contributed by atoms with Crippen LogP contribution in [0, 0.1) is 0 Å². The molecule has 0 atom stereocenters. The Morgan fingerprint density at radius 1 is 0.733 bits per heavy atom. The largest absolute Gasteiger partial charge is 0.399 e. The number of anilines is 2. The molecule has 2 heteroatoms. The van der Waals surface area contributed by atoms with Gasteiger partial charge in [-0.2, -0.15) is 0 Å². The Bertz CT molecular complexity index is 544. The van der Waals surface area contributed by atoms with Crippen molar-refractivity contribution in [2.24, 2.45) is 0 Å². The number of nitrogens with two attached hydrogens (primary N) is 2. The SMILES string of the molecule is Nc1ccc2c(c1)Cc1ccc(N)cc1-2. The van der Waals surface area contributed by atoms with Crippen molar-refractivity contribution in [3.8, 4) is 11.1 Å². The molecular formula is C13H12N2. The standard InChI is InChI=1S/C13H12N2/c14-10-3-4-12-9(6-10)5-8-1-2-11(15)7-13(8)12/h1-4,6-7H,5,14-15H2. The summed E-state index contributed by atoms with van der Waals surface area (Å²) in [5.41, 5.74) is 18.4. The lowest BCUT2D eigenvalue weighted by Crippen LogP contribution is -1.86. The van der Waals surface area contributed by atoms with Crippen LogP contribution in [0.25, 0.3) is 11.1 Å². The van der Waals surface area contributed by atoms with Crippen molar-refractivity contribution in [2.75, 3.05) is 11.5 Å². The van der Waals surface area contributed by atoms with Crippen LogP contribution in [0.1, 0.15) is 11.1 Å². The van der Waals surface area contributed by atoms with Gasteiger partial charge >= 0.3 is 0 Å². The van der Waals surface area contributed by atoms with Gasteiger partial charge in [0.2, 0.25) is 0 Å². The van der Waals surface area contributed by atoms with Crippen molar-refractivity contribution < 1.29 is 0 Å². The van der Waals surface area contributed by atoms with Crippen LogP contribution in [-0.2, 0) is 6.42 Å². The number of benzene rings is 2. The molecule has 1 aliphatic rings. The monoisotopic (exact) mass is 196 g/mol. The van der Waals surface area contributed by atoms with Crippen molar-refractivity contribution in [3.05, 3.63) is 47.5 Å². The molecule has 0 amide bonds. The molecule has 0 saturated carbocycles. The van der Waals surface area contributed by atoms with E-state index in [1.807, 2.05) is 24.3 Å². The molecule has 1 aliphatic carbocycles. The summed E-state index contributed by atoms with van der Waals surface area (Å²) >= 11 is 0. The lowest BCUT2D eigenvalue weighted by molar-refractivity contribution is 1.26. The Labute approximate surface area is 88.5 Å². The summed E-state index contributed by atoms with van der Waals surface area (Å²) < 4.78 is 0. The first-order valence-electron chi connectivity index (χ1n) is 5.01. The fourth-order valence-corrected chi connectivity index (χ4v) is 2.23. The van der Waals surface area contributed by atoms with E-state index in [9.17, 15) is 0 Å². The minimum Gasteiger partial charge on any atom is -0.399 e. The molecule has 2 nitrogen and oxygen atoms in total. The van der Waals surface area contributed by atoms with Crippen LogP contribution >= 0.6 is 0 Å². The molecule has 0 saturated heterocycles. The molecule has 0 spiro atoms. The highest BCUT2D eigenvalue weighted by molar-refractivity contribution is 5.80. The Hall–Kier alpha value is -1.96. The zero-order valence-electron chi connectivity index (χ0n) is 8.33. The molecule has 0 radical (unpaired) electrons. The van der Waals surface area contributed by atoms with Crippen molar-refractivity contribution >= 4 is 11.4 Å². The van der Waals surface area contributed by atoms with Crippen LogP contribution < -0.4 is 11.5 Å². The molecule has 0 unspecified atom stereocenters. The van der Waals surface area contributed by atoms with Gasteiger partial charge in [0.25, 0.3) is 0 Å². The van der Waals surface area contributed by atoms with E-state index in [1.54, 1.807) is 0 Å². The highest BCUT2D eigenvalue weighted by atomic mass is 14.6. The molecule has 0 aromatic heterocycles. The van der Waals surface area contributed by atoms with Gasteiger partial charge in [-0.05, 0) is 52.9 Å². The zero-order valence-corrected chi connectivity index (χ0v) is 8.33. The van der Waals surface area contributed by atoms with Gasteiger partial charge < -0.3 is 11.5 Å². The molecule has 2 aromatic rings. The maximum atomic E-state index is 5.79. The summed E-state index contributed by atoms with van der Waals surface area (Å²) in [7, 11) is 0. The number of rotatable bonds is 0. The minimum absolute atomic E-state index is 0.818. The maximum absolute atomic E-state index is 5.79. The molecule has 0 aliphatic heterocycles. The van der Waals surface area contributed by atoms with Crippen LogP contribution in [0.5, 0.6) is 0 Å². The highest BCUT2D eigenvalue weighted by Crippen LogP contribution is 2.38. The first-order valence-corrected chi connectivity index (χ1v) is 5.01. The minimum atomic E-state index is 0.818. The predicted octanol–water partition coefficient (Wildman–Crippen LogP) is 2.42. The van der Waals surface area contributed by atoms with E-state index in [0.29, 0.717) is 0 Å². The fraction of sp³-hybridized carbons (Fsp3) is 0.0769. The topological polar surface area (TPSA) is 52.0 Å². The van der Waals surface area contributed by atoms with Gasteiger partial charge in [0.1, 0.15) is 0 Å². The summed E-state index contributed by atoms with van der Waals surface area (Å²) in [5, 5.41) is 0. The zero-order chi connectivity index (χ0) is 10.4. The van der Waals surface area contributed by atoms with E-state index >= 15 is 0 Å². The highest BCUT2D eigenvalue weighted by Gasteiger charge is 2.17. The summed E-state index contributed by atoms with van der Waals surface area (Å²) in [6.07, 6.45) is 0.968. The average molecular weight is 196 g/mol. The molecular weight excluding hydrogens is 184 g/mol. The average Bonchev–Trinajstić information content (AvgIpc) is 2.54. The predicted molar refractivity (Wildman–Crippen MR) is 63.5 cm³/mol. The van der Waals surface area contributed by atoms with Crippen LogP contribution in [0.4, 0.5) is 11.4 Å². The van der Waals surface area contributed by atoms with Crippen molar-refractivity contribution in [1.82, 2.24) is 0 Å². The van der Waals surface area contributed by atoms with Crippen LogP contribution in [0.15, 0.2) is 36.4 Å². The molecule has 0 fully saturated rings. The van der Waals surface area contributed by atoms with Gasteiger partial charge in [-0.15, -0.1) is 0 Å². The van der Waals surface area contributed by atoms with Gasteiger partial charge in [-0.1, -0.05) is 12.1 Å². The quantitative estimate of drug-likeness (QED) is 0.542. The Morgan fingerprint density at radius 3 is 2.33 bits per heavy atom. The van der Waals surface area contributed by atoms with E-state index in [-0.39, 0.29) is 0 Å². The van der Waals surface area contributed by atoms with Crippen LogP contribution in [0.2, 0.25) is 0 Å². The molecule has 74 valence electrons. The smallest absolute Gasteiger partial charge is 0.0320 e. The molecule has 0 heterocycles. The fourth-order valence-electron chi connectivity index (χ4n) is 2.23. The number of hydrogen-bond acceptors (Lipinski definition) is 2. The first-order chi connectivity index (χ1) is 7.24. The molecule has 0 bridgehead atoms. The second-order valence-electron chi connectivity index (χ2n) is 4.01. The Kier molecular flexibility index (Phi) is 1.54. The van der Waals surface area contributed by atoms with Crippen LogP contribution in [0.3, 0.4) is 0 Å². The summed E-state index contributed by atoms with van der Waals surface area (Å²) in [6, 6.07) is 12.2. The van der Waals surface area contributed by atoms with Crippen LogP contribution in [-0.4, -0.2) is 0 Å². The van der Waals surface area contributed by atoms with Crippen molar-refractivity contribution in [1.29, 1.82) is 0 Å². The van der Waals surface area contributed by atoms with Gasteiger partial charge in [-0.3, -0.25) is 0 Å².